The highest BCUT2D eigenvalue weighted by atomic mass is 32.1. The largest absolute Gasteiger partial charge is 0.327 e. The van der Waals surface area contributed by atoms with Gasteiger partial charge in [0.05, 0.1) is 0 Å². The van der Waals surface area contributed by atoms with Gasteiger partial charge in [-0.05, 0) is 71.5 Å². The van der Waals surface area contributed by atoms with E-state index in [2.05, 4.69) is 41.1 Å². The second kappa shape index (κ2) is 5.89. The standard InChI is InChI=1S/C17H21NS/c18-17(9-8-13-10-11-19-12-13)16-7-3-5-14-4-1-2-6-15(14)16/h1-2,4,6,10-12,16-17H,3,5,7-9,18H2. The molecule has 19 heavy (non-hydrogen) atoms. The minimum Gasteiger partial charge on any atom is -0.327 e. The van der Waals surface area contributed by atoms with Crippen LogP contribution in [0, 0.1) is 0 Å². The normalized spacial score (nSPS) is 19.9. The summed E-state index contributed by atoms with van der Waals surface area (Å²) in [5.74, 6) is 0.559. The van der Waals surface area contributed by atoms with Crippen LogP contribution in [0.2, 0.25) is 0 Å². The number of benzene rings is 1. The minimum atomic E-state index is 0.293. The Kier molecular flexibility index (Phi) is 4.00. The van der Waals surface area contributed by atoms with Crippen LogP contribution in [-0.4, -0.2) is 6.04 Å². The molecule has 3 rings (SSSR count). The molecule has 0 bridgehead atoms. The minimum absolute atomic E-state index is 0.293. The summed E-state index contributed by atoms with van der Waals surface area (Å²) in [4.78, 5) is 0. The third-order valence-corrected chi connectivity index (χ3v) is 5.01. The zero-order valence-electron chi connectivity index (χ0n) is 11.2. The first-order chi connectivity index (χ1) is 9.34. The van der Waals surface area contributed by atoms with Crippen LogP contribution in [0.4, 0.5) is 0 Å². The summed E-state index contributed by atoms with van der Waals surface area (Å²) in [5, 5.41) is 4.39. The summed E-state index contributed by atoms with van der Waals surface area (Å²) in [7, 11) is 0. The van der Waals surface area contributed by atoms with Gasteiger partial charge in [0, 0.05) is 6.04 Å². The molecule has 1 heterocycles. The van der Waals surface area contributed by atoms with Crippen molar-refractivity contribution in [2.24, 2.45) is 5.73 Å². The number of fused-ring (bicyclic) bond motifs is 1. The van der Waals surface area contributed by atoms with Crippen molar-refractivity contribution in [2.75, 3.05) is 0 Å². The van der Waals surface area contributed by atoms with Crippen molar-refractivity contribution in [3.8, 4) is 0 Å². The van der Waals surface area contributed by atoms with Crippen molar-refractivity contribution < 1.29 is 0 Å². The Labute approximate surface area is 119 Å². The maximum absolute atomic E-state index is 6.48. The van der Waals surface area contributed by atoms with Gasteiger partial charge in [0.1, 0.15) is 0 Å². The van der Waals surface area contributed by atoms with E-state index in [1.54, 1.807) is 11.3 Å². The van der Waals surface area contributed by atoms with Crippen molar-refractivity contribution in [1.29, 1.82) is 0 Å². The van der Waals surface area contributed by atoms with E-state index in [0.29, 0.717) is 12.0 Å². The van der Waals surface area contributed by atoms with E-state index >= 15 is 0 Å². The fourth-order valence-electron chi connectivity index (χ4n) is 3.21. The van der Waals surface area contributed by atoms with Crippen molar-refractivity contribution in [1.82, 2.24) is 0 Å². The fourth-order valence-corrected chi connectivity index (χ4v) is 3.91. The van der Waals surface area contributed by atoms with Crippen LogP contribution in [0.25, 0.3) is 0 Å². The average molecular weight is 271 g/mol. The maximum Gasteiger partial charge on any atom is 0.0111 e. The molecule has 0 amide bonds. The molecule has 2 atom stereocenters. The summed E-state index contributed by atoms with van der Waals surface area (Å²) in [6.45, 7) is 0. The Hall–Kier alpha value is -1.12. The van der Waals surface area contributed by atoms with Gasteiger partial charge in [0.25, 0.3) is 0 Å². The van der Waals surface area contributed by atoms with Gasteiger partial charge in [-0.3, -0.25) is 0 Å². The SMILES string of the molecule is NC(CCc1ccsc1)C1CCCc2ccccc21. The quantitative estimate of drug-likeness (QED) is 0.889. The van der Waals surface area contributed by atoms with Gasteiger partial charge < -0.3 is 5.73 Å². The lowest BCUT2D eigenvalue weighted by Crippen LogP contribution is -2.31. The third-order valence-electron chi connectivity index (χ3n) is 4.28. The molecule has 2 aromatic rings. The highest BCUT2D eigenvalue weighted by Crippen LogP contribution is 2.34. The second-order valence-corrected chi connectivity index (χ2v) is 6.31. The predicted molar refractivity (Wildman–Crippen MR) is 82.7 cm³/mol. The lowest BCUT2D eigenvalue weighted by molar-refractivity contribution is 0.442. The molecule has 1 aliphatic carbocycles. The van der Waals surface area contributed by atoms with E-state index in [1.807, 2.05) is 0 Å². The smallest absolute Gasteiger partial charge is 0.0111 e. The molecule has 0 radical (unpaired) electrons. The number of hydrogen-bond acceptors (Lipinski definition) is 2. The van der Waals surface area contributed by atoms with Gasteiger partial charge in [0.15, 0.2) is 0 Å². The molecule has 0 saturated heterocycles. The number of thiophene rings is 1. The van der Waals surface area contributed by atoms with Gasteiger partial charge in [-0.15, -0.1) is 0 Å². The third kappa shape index (κ3) is 2.90. The lowest BCUT2D eigenvalue weighted by Gasteiger charge is -2.30. The van der Waals surface area contributed by atoms with Crippen molar-refractivity contribution in [3.63, 3.8) is 0 Å². The molecule has 2 N–H and O–H groups in total. The van der Waals surface area contributed by atoms with Crippen LogP contribution in [0.15, 0.2) is 41.1 Å². The lowest BCUT2D eigenvalue weighted by atomic mass is 9.78. The summed E-state index contributed by atoms with van der Waals surface area (Å²) >= 11 is 1.77. The van der Waals surface area contributed by atoms with Gasteiger partial charge in [-0.2, -0.15) is 11.3 Å². The van der Waals surface area contributed by atoms with E-state index in [-0.39, 0.29) is 0 Å². The molecule has 1 aromatic heterocycles. The zero-order chi connectivity index (χ0) is 13.1. The topological polar surface area (TPSA) is 26.0 Å². The molecule has 100 valence electrons. The number of rotatable bonds is 4. The number of nitrogens with two attached hydrogens (primary N) is 1. The summed E-state index contributed by atoms with van der Waals surface area (Å²) in [6, 6.07) is 11.4. The van der Waals surface area contributed by atoms with E-state index in [1.165, 1.54) is 36.0 Å². The Morgan fingerprint density at radius 2 is 2.16 bits per heavy atom. The molecule has 0 aliphatic heterocycles. The predicted octanol–water partition coefficient (Wildman–Crippen LogP) is 4.13. The molecule has 0 spiro atoms. The number of aryl methyl sites for hydroxylation is 2. The summed E-state index contributed by atoms with van der Waals surface area (Å²) < 4.78 is 0. The van der Waals surface area contributed by atoms with Crippen LogP contribution < -0.4 is 5.73 Å². The van der Waals surface area contributed by atoms with E-state index in [0.717, 1.165) is 12.8 Å². The molecular weight excluding hydrogens is 250 g/mol. The molecule has 0 fully saturated rings. The first kappa shape index (κ1) is 12.9. The van der Waals surface area contributed by atoms with Crippen LogP contribution in [0.3, 0.4) is 0 Å². The first-order valence-electron chi connectivity index (χ1n) is 7.19. The van der Waals surface area contributed by atoms with Gasteiger partial charge in [-0.25, -0.2) is 0 Å². The molecule has 1 aromatic carbocycles. The Morgan fingerprint density at radius 3 is 3.00 bits per heavy atom. The van der Waals surface area contributed by atoms with Crippen LogP contribution in [-0.2, 0) is 12.8 Å². The highest BCUT2D eigenvalue weighted by Gasteiger charge is 2.24. The second-order valence-electron chi connectivity index (χ2n) is 5.53. The zero-order valence-corrected chi connectivity index (χ0v) is 12.0. The van der Waals surface area contributed by atoms with Crippen LogP contribution in [0.1, 0.15) is 41.9 Å². The van der Waals surface area contributed by atoms with Gasteiger partial charge in [0.2, 0.25) is 0 Å². The molecule has 1 nitrogen and oxygen atoms in total. The Balaban J connectivity index is 1.69. The van der Waals surface area contributed by atoms with Crippen molar-refractivity contribution in [2.45, 2.75) is 44.1 Å². The number of hydrogen-bond donors (Lipinski definition) is 1. The Morgan fingerprint density at radius 1 is 1.26 bits per heavy atom. The maximum atomic E-state index is 6.48. The highest BCUT2D eigenvalue weighted by molar-refractivity contribution is 7.07. The monoisotopic (exact) mass is 271 g/mol. The molecule has 0 saturated carbocycles. The van der Waals surface area contributed by atoms with Gasteiger partial charge in [-0.1, -0.05) is 24.3 Å². The fraction of sp³-hybridized carbons (Fsp3) is 0.412. The molecule has 2 heteroatoms. The summed E-state index contributed by atoms with van der Waals surface area (Å²) in [5.41, 5.74) is 10.9. The first-order valence-corrected chi connectivity index (χ1v) is 8.13. The van der Waals surface area contributed by atoms with Crippen LogP contribution >= 0.6 is 11.3 Å². The molecular formula is C17H21NS. The van der Waals surface area contributed by atoms with E-state index in [9.17, 15) is 0 Å². The van der Waals surface area contributed by atoms with E-state index < -0.39 is 0 Å². The van der Waals surface area contributed by atoms with Crippen molar-refractivity contribution in [3.05, 3.63) is 57.8 Å². The van der Waals surface area contributed by atoms with Gasteiger partial charge >= 0.3 is 0 Å². The van der Waals surface area contributed by atoms with Crippen molar-refractivity contribution >= 4 is 11.3 Å². The van der Waals surface area contributed by atoms with E-state index in [4.69, 9.17) is 5.73 Å². The average Bonchev–Trinajstić information content (AvgIpc) is 2.97. The Bertz CT molecular complexity index is 518. The summed E-state index contributed by atoms with van der Waals surface area (Å²) in [6.07, 6.45) is 5.97. The van der Waals surface area contributed by atoms with Crippen LogP contribution in [0.5, 0.6) is 0 Å². The molecule has 2 unspecified atom stereocenters. The molecule has 1 aliphatic rings.